The molecule has 0 bridgehead atoms. The normalized spacial score (nSPS) is 9.73. The molecule has 3 N–H and O–H groups in total. The van der Waals surface area contributed by atoms with Gasteiger partial charge in [-0.3, -0.25) is 4.79 Å². The summed E-state index contributed by atoms with van der Waals surface area (Å²) in [6.07, 6.45) is 0.359. The van der Waals surface area contributed by atoms with Crippen LogP contribution in [0.1, 0.15) is 18.9 Å². The van der Waals surface area contributed by atoms with Crippen LogP contribution in [0.4, 0.5) is 11.4 Å². The third kappa shape index (κ3) is 2.84. The minimum Gasteiger partial charge on any atom is -0.399 e. The third-order valence-electron chi connectivity index (χ3n) is 2.16. The van der Waals surface area contributed by atoms with Crippen LogP contribution in [0.3, 0.4) is 0 Å². The molecule has 3 heteroatoms. The molecule has 0 amide bonds. The van der Waals surface area contributed by atoms with Crippen LogP contribution in [0, 0.1) is 0 Å². The second kappa shape index (κ2) is 4.64. The zero-order chi connectivity index (χ0) is 11.4. The van der Waals surface area contributed by atoms with Gasteiger partial charge in [0.1, 0.15) is 5.78 Å². The monoisotopic (exact) mass is 204 g/mol. The van der Waals surface area contributed by atoms with Crippen LogP contribution < -0.4 is 11.1 Å². The van der Waals surface area contributed by atoms with E-state index in [2.05, 4.69) is 11.9 Å². The molecule has 0 saturated heterocycles. The van der Waals surface area contributed by atoms with Gasteiger partial charge in [-0.15, -0.1) is 0 Å². The average Bonchev–Trinajstić information content (AvgIpc) is 2.16. The van der Waals surface area contributed by atoms with Crippen LogP contribution in [0.2, 0.25) is 0 Å². The molecule has 0 fully saturated rings. The van der Waals surface area contributed by atoms with E-state index in [0.717, 1.165) is 16.8 Å². The molecule has 0 atom stereocenters. The third-order valence-corrected chi connectivity index (χ3v) is 2.16. The fourth-order valence-corrected chi connectivity index (χ4v) is 1.47. The zero-order valence-corrected chi connectivity index (χ0v) is 9.13. The Bertz CT molecular complexity index is 397. The van der Waals surface area contributed by atoms with E-state index in [-0.39, 0.29) is 5.78 Å². The van der Waals surface area contributed by atoms with Gasteiger partial charge >= 0.3 is 0 Å². The van der Waals surface area contributed by atoms with Crippen molar-refractivity contribution in [2.24, 2.45) is 0 Å². The van der Waals surface area contributed by atoms with Gasteiger partial charge < -0.3 is 11.1 Å². The number of carbonyl (C=O) groups excluding carboxylic acids is 1. The molecule has 0 aliphatic rings. The minimum absolute atomic E-state index is 0.101. The maximum atomic E-state index is 11.0. The van der Waals surface area contributed by atoms with Crippen molar-refractivity contribution in [1.82, 2.24) is 0 Å². The molecule has 0 aromatic heterocycles. The smallest absolute Gasteiger partial charge is 0.134 e. The molecule has 1 aromatic carbocycles. The highest BCUT2D eigenvalue weighted by molar-refractivity contribution is 5.91. The Labute approximate surface area is 90.0 Å². The van der Waals surface area contributed by atoms with Crippen LogP contribution in [-0.4, -0.2) is 12.8 Å². The molecule has 15 heavy (non-hydrogen) atoms. The number of hydrogen-bond acceptors (Lipinski definition) is 3. The average molecular weight is 204 g/mol. The minimum atomic E-state index is 0.101. The van der Waals surface area contributed by atoms with Gasteiger partial charge in [-0.25, -0.2) is 0 Å². The lowest BCUT2D eigenvalue weighted by atomic mass is 10.0. The molecule has 0 spiro atoms. The van der Waals surface area contributed by atoms with Crippen LogP contribution in [-0.2, 0) is 4.79 Å². The van der Waals surface area contributed by atoms with Crippen LogP contribution in [0.15, 0.2) is 24.8 Å². The standard InChI is InChI=1S/C12H16N2O/c1-8(6-9(2)15)11-7-10(13)4-5-12(11)14-3/h4-5,7,14H,1,6,13H2,2-3H3. The summed E-state index contributed by atoms with van der Waals surface area (Å²) < 4.78 is 0. The van der Waals surface area contributed by atoms with E-state index in [0.29, 0.717) is 12.1 Å². The van der Waals surface area contributed by atoms with Crippen molar-refractivity contribution in [3.63, 3.8) is 0 Å². The van der Waals surface area contributed by atoms with Crippen molar-refractivity contribution < 1.29 is 4.79 Å². The van der Waals surface area contributed by atoms with Crippen LogP contribution in [0.25, 0.3) is 5.57 Å². The first kappa shape index (κ1) is 11.3. The summed E-state index contributed by atoms with van der Waals surface area (Å²) in [6, 6.07) is 5.53. The van der Waals surface area contributed by atoms with Crippen LogP contribution >= 0.6 is 0 Å². The number of anilines is 2. The van der Waals surface area contributed by atoms with E-state index in [1.807, 2.05) is 25.2 Å². The number of benzene rings is 1. The van der Waals surface area contributed by atoms with Gasteiger partial charge in [0, 0.05) is 30.4 Å². The summed E-state index contributed by atoms with van der Waals surface area (Å²) >= 11 is 0. The number of nitrogens with one attached hydrogen (secondary N) is 1. The summed E-state index contributed by atoms with van der Waals surface area (Å²) in [5, 5.41) is 3.05. The number of hydrogen-bond donors (Lipinski definition) is 2. The molecule has 0 unspecified atom stereocenters. The Morgan fingerprint density at radius 1 is 1.53 bits per heavy atom. The first-order valence-electron chi connectivity index (χ1n) is 4.79. The molecule has 1 aromatic rings. The van der Waals surface area contributed by atoms with Gasteiger partial charge in [0.15, 0.2) is 0 Å². The molecule has 0 aliphatic carbocycles. The Hall–Kier alpha value is -1.77. The van der Waals surface area contributed by atoms with Crippen molar-refractivity contribution in [2.45, 2.75) is 13.3 Å². The topological polar surface area (TPSA) is 55.1 Å². The van der Waals surface area contributed by atoms with Gasteiger partial charge in [0.05, 0.1) is 0 Å². The molecule has 1 rings (SSSR count). The first-order chi connectivity index (χ1) is 7.04. The largest absolute Gasteiger partial charge is 0.399 e. The van der Waals surface area contributed by atoms with E-state index in [1.54, 1.807) is 6.92 Å². The molecule has 0 radical (unpaired) electrons. The van der Waals surface area contributed by atoms with Crippen LogP contribution in [0.5, 0.6) is 0 Å². The summed E-state index contributed by atoms with van der Waals surface area (Å²) in [5.41, 5.74) is 9.01. The molecule has 0 saturated carbocycles. The SMILES string of the molecule is C=C(CC(C)=O)c1cc(N)ccc1NC. The number of carbonyl (C=O) groups is 1. The lowest BCUT2D eigenvalue weighted by Crippen LogP contribution is -1.99. The van der Waals surface area contributed by atoms with E-state index in [1.165, 1.54) is 0 Å². The molecule has 3 nitrogen and oxygen atoms in total. The number of allylic oxidation sites excluding steroid dienone is 1. The molecule has 80 valence electrons. The summed E-state index contributed by atoms with van der Waals surface area (Å²) in [4.78, 5) is 11.0. The van der Waals surface area contributed by atoms with E-state index in [9.17, 15) is 4.79 Å². The summed E-state index contributed by atoms with van der Waals surface area (Å²) in [6.45, 7) is 5.45. The van der Waals surface area contributed by atoms with Crippen molar-refractivity contribution in [3.8, 4) is 0 Å². The van der Waals surface area contributed by atoms with Crippen molar-refractivity contribution in [3.05, 3.63) is 30.3 Å². The number of nitrogen functional groups attached to an aromatic ring is 1. The second-order valence-electron chi connectivity index (χ2n) is 3.54. The van der Waals surface area contributed by atoms with Gasteiger partial charge in [0.2, 0.25) is 0 Å². The predicted octanol–water partition coefficient (Wildman–Crippen LogP) is 2.30. The Morgan fingerprint density at radius 2 is 2.20 bits per heavy atom. The van der Waals surface area contributed by atoms with Gasteiger partial charge in [-0.05, 0) is 30.7 Å². The Morgan fingerprint density at radius 3 is 2.73 bits per heavy atom. The molecular weight excluding hydrogens is 188 g/mol. The molecule has 0 heterocycles. The van der Waals surface area contributed by atoms with E-state index < -0.39 is 0 Å². The van der Waals surface area contributed by atoms with E-state index in [4.69, 9.17) is 5.73 Å². The number of nitrogens with two attached hydrogens (primary N) is 1. The fourth-order valence-electron chi connectivity index (χ4n) is 1.47. The van der Waals surface area contributed by atoms with Crippen molar-refractivity contribution in [2.75, 3.05) is 18.1 Å². The highest BCUT2D eigenvalue weighted by Crippen LogP contribution is 2.27. The quantitative estimate of drug-likeness (QED) is 0.740. The van der Waals surface area contributed by atoms with E-state index >= 15 is 0 Å². The van der Waals surface area contributed by atoms with Gasteiger partial charge in [-0.1, -0.05) is 6.58 Å². The maximum absolute atomic E-state index is 11.0. The number of ketones is 1. The predicted molar refractivity (Wildman–Crippen MR) is 64.7 cm³/mol. The first-order valence-corrected chi connectivity index (χ1v) is 4.79. The lowest BCUT2D eigenvalue weighted by Gasteiger charge is -2.11. The number of rotatable bonds is 4. The Balaban J connectivity index is 3.05. The van der Waals surface area contributed by atoms with Crippen molar-refractivity contribution >= 4 is 22.7 Å². The maximum Gasteiger partial charge on any atom is 0.134 e. The summed E-state index contributed by atoms with van der Waals surface area (Å²) in [5.74, 6) is 0.101. The fraction of sp³-hybridized carbons (Fsp3) is 0.250. The highest BCUT2D eigenvalue weighted by Gasteiger charge is 2.07. The Kier molecular flexibility index (Phi) is 3.50. The molecular formula is C12H16N2O. The molecule has 0 aliphatic heterocycles. The highest BCUT2D eigenvalue weighted by atomic mass is 16.1. The van der Waals surface area contributed by atoms with Crippen molar-refractivity contribution in [1.29, 1.82) is 0 Å². The summed E-state index contributed by atoms with van der Waals surface area (Å²) in [7, 11) is 1.83. The zero-order valence-electron chi connectivity index (χ0n) is 9.13. The second-order valence-corrected chi connectivity index (χ2v) is 3.54. The lowest BCUT2D eigenvalue weighted by molar-refractivity contribution is -0.116. The number of Topliss-reactive ketones (excluding diaryl/α,β-unsaturated/α-hetero) is 1. The van der Waals surface area contributed by atoms with Gasteiger partial charge in [-0.2, -0.15) is 0 Å². The van der Waals surface area contributed by atoms with Gasteiger partial charge in [0.25, 0.3) is 0 Å².